The molecule has 0 amide bonds. The molecule has 27 heavy (non-hydrogen) atoms. The van der Waals surface area contributed by atoms with E-state index in [2.05, 4.69) is 46.2 Å². The highest BCUT2D eigenvalue weighted by molar-refractivity contribution is 5.86. The van der Waals surface area contributed by atoms with Gasteiger partial charge in [0, 0.05) is 24.3 Å². The Morgan fingerprint density at radius 2 is 1.48 bits per heavy atom. The Morgan fingerprint density at radius 3 is 2.07 bits per heavy atom. The summed E-state index contributed by atoms with van der Waals surface area (Å²) in [4.78, 5) is 2.39. The predicted molar refractivity (Wildman–Crippen MR) is 109 cm³/mol. The highest BCUT2D eigenvalue weighted by Crippen LogP contribution is 2.39. The van der Waals surface area contributed by atoms with Crippen LogP contribution in [-0.4, -0.2) is 58.7 Å². The molecule has 6 nitrogen and oxygen atoms in total. The van der Waals surface area contributed by atoms with Gasteiger partial charge in [0.05, 0.1) is 40.6 Å². The maximum atomic E-state index is 5.51. The van der Waals surface area contributed by atoms with Crippen molar-refractivity contribution in [3.8, 4) is 17.2 Å². The lowest BCUT2D eigenvalue weighted by atomic mass is 10.2. The number of aryl methyl sites for hydroxylation is 1. The van der Waals surface area contributed by atoms with Crippen LogP contribution >= 0.6 is 0 Å². The van der Waals surface area contributed by atoms with Crippen LogP contribution in [0, 0.1) is 6.92 Å². The molecule has 0 N–H and O–H groups in total. The molecule has 0 atom stereocenters. The van der Waals surface area contributed by atoms with Crippen molar-refractivity contribution in [2.75, 3.05) is 52.4 Å². The van der Waals surface area contributed by atoms with Gasteiger partial charge < -0.3 is 19.1 Å². The summed E-state index contributed by atoms with van der Waals surface area (Å²) in [7, 11) is 4.83. The molecule has 0 aromatic heterocycles. The van der Waals surface area contributed by atoms with Crippen molar-refractivity contribution < 1.29 is 14.2 Å². The molecular formula is C21H27N3O3. The lowest BCUT2D eigenvalue weighted by Crippen LogP contribution is -2.44. The molecule has 1 heterocycles. The first-order valence-corrected chi connectivity index (χ1v) is 9.05. The minimum atomic E-state index is 0.577. The fourth-order valence-electron chi connectivity index (χ4n) is 3.20. The van der Waals surface area contributed by atoms with Gasteiger partial charge in [0.1, 0.15) is 0 Å². The number of ether oxygens (including phenoxy) is 3. The zero-order valence-corrected chi connectivity index (χ0v) is 16.4. The minimum Gasteiger partial charge on any atom is -0.493 e. The number of hydrogen-bond acceptors (Lipinski definition) is 6. The van der Waals surface area contributed by atoms with E-state index in [4.69, 9.17) is 14.2 Å². The van der Waals surface area contributed by atoms with Crippen molar-refractivity contribution in [2.24, 2.45) is 5.10 Å². The SMILES string of the molecule is COc1ccc(C=NN2CCN(c3ccc(C)cc3)CC2)c(OC)c1OC. The van der Waals surface area contributed by atoms with Gasteiger partial charge in [-0.25, -0.2) is 0 Å². The molecule has 0 aliphatic carbocycles. The summed E-state index contributed by atoms with van der Waals surface area (Å²) in [6.45, 7) is 5.76. The molecule has 2 aromatic carbocycles. The van der Waals surface area contributed by atoms with Gasteiger partial charge >= 0.3 is 0 Å². The number of nitrogens with zero attached hydrogens (tertiary/aromatic N) is 3. The van der Waals surface area contributed by atoms with Crippen molar-refractivity contribution in [2.45, 2.75) is 6.92 Å². The van der Waals surface area contributed by atoms with Crippen LogP contribution in [0.3, 0.4) is 0 Å². The van der Waals surface area contributed by atoms with E-state index in [-0.39, 0.29) is 0 Å². The van der Waals surface area contributed by atoms with Crippen molar-refractivity contribution >= 4 is 11.9 Å². The maximum absolute atomic E-state index is 5.51. The van der Waals surface area contributed by atoms with Gasteiger partial charge in [0.2, 0.25) is 5.75 Å². The third-order valence-electron chi connectivity index (χ3n) is 4.75. The molecule has 0 unspecified atom stereocenters. The average Bonchev–Trinajstić information content (AvgIpc) is 2.72. The van der Waals surface area contributed by atoms with Crippen LogP contribution in [0.5, 0.6) is 17.2 Å². The zero-order chi connectivity index (χ0) is 19.2. The molecule has 1 aliphatic rings. The summed E-state index contributed by atoms with van der Waals surface area (Å²) in [5.41, 5.74) is 3.41. The molecule has 1 fully saturated rings. The highest BCUT2D eigenvalue weighted by Gasteiger charge is 2.17. The van der Waals surface area contributed by atoms with Crippen LogP contribution in [-0.2, 0) is 0 Å². The minimum absolute atomic E-state index is 0.577. The molecule has 0 bridgehead atoms. The molecule has 3 rings (SSSR count). The van der Waals surface area contributed by atoms with E-state index in [0.29, 0.717) is 17.2 Å². The second kappa shape index (κ2) is 8.66. The fraction of sp³-hybridized carbons (Fsp3) is 0.381. The molecule has 2 aromatic rings. The van der Waals surface area contributed by atoms with Gasteiger partial charge in [-0.1, -0.05) is 17.7 Å². The molecule has 0 radical (unpaired) electrons. The van der Waals surface area contributed by atoms with Gasteiger partial charge in [-0.15, -0.1) is 0 Å². The summed E-state index contributed by atoms with van der Waals surface area (Å²) in [5.74, 6) is 1.84. The Kier molecular flexibility index (Phi) is 6.06. The topological polar surface area (TPSA) is 46.5 Å². The Hall–Kier alpha value is -2.89. The third-order valence-corrected chi connectivity index (χ3v) is 4.75. The molecule has 6 heteroatoms. The molecule has 1 aliphatic heterocycles. The second-order valence-electron chi connectivity index (χ2n) is 6.44. The Balaban J connectivity index is 1.66. The summed E-state index contributed by atoms with van der Waals surface area (Å²) in [6.07, 6.45) is 1.82. The quantitative estimate of drug-likeness (QED) is 0.732. The fourth-order valence-corrected chi connectivity index (χ4v) is 3.20. The van der Waals surface area contributed by atoms with Crippen LogP contribution in [0.1, 0.15) is 11.1 Å². The van der Waals surface area contributed by atoms with E-state index in [1.807, 2.05) is 18.3 Å². The number of hydrazone groups is 1. The maximum Gasteiger partial charge on any atom is 0.203 e. The molecule has 0 spiro atoms. The number of methoxy groups -OCH3 is 3. The smallest absolute Gasteiger partial charge is 0.203 e. The van der Waals surface area contributed by atoms with Crippen molar-refractivity contribution in [3.05, 3.63) is 47.5 Å². The second-order valence-corrected chi connectivity index (χ2v) is 6.44. The first-order chi connectivity index (χ1) is 13.2. The first kappa shape index (κ1) is 18.9. The Morgan fingerprint density at radius 1 is 0.815 bits per heavy atom. The first-order valence-electron chi connectivity index (χ1n) is 9.05. The zero-order valence-electron chi connectivity index (χ0n) is 16.4. The summed E-state index contributed by atoms with van der Waals surface area (Å²) in [6, 6.07) is 12.5. The van der Waals surface area contributed by atoms with Gasteiger partial charge in [-0.2, -0.15) is 5.10 Å². The van der Waals surface area contributed by atoms with E-state index < -0.39 is 0 Å². The highest BCUT2D eigenvalue weighted by atomic mass is 16.5. The van der Waals surface area contributed by atoms with E-state index in [0.717, 1.165) is 31.7 Å². The van der Waals surface area contributed by atoms with Crippen molar-refractivity contribution in [1.29, 1.82) is 0 Å². The van der Waals surface area contributed by atoms with Crippen LogP contribution in [0.25, 0.3) is 0 Å². The van der Waals surface area contributed by atoms with Gasteiger partial charge in [0.25, 0.3) is 0 Å². The number of anilines is 1. The summed E-state index contributed by atoms with van der Waals surface area (Å²) < 4.78 is 16.3. The standard InChI is InChI=1S/C21H27N3O3/c1-16-5-8-18(9-6-16)23-11-13-24(14-12-23)22-15-17-7-10-19(25-2)21(27-4)20(17)26-3/h5-10,15H,11-14H2,1-4H3. The summed E-state index contributed by atoms with van der Waals surface area (Å²) >= 11 is 0. The normalized spacial score (nSPS) is 14.5. The van der Waals surface area contributed by atoms with Crippen LogP contribution < -0.4 is 19.1 Å². The average molecular weight is 369 g/mol. The number of hydrogen-bond donors (Lipinski definition) is 0. The Bertz CT molecular complexity index is 782. The summed E-state index contributed by atoms with van der Waals surface area (Å²) in [5, 5.41) is 6.72. The van der Waals surface area contributed by atoms with Crippen molar-refractivity contribution in [3.63, 3.8) is 0 Å². The molecule has 1 saturated heterocycles. The molecule has 0 saturated carbocycles. The van der Waals surface area contributed by atoms with Crippen LogP contribution in [0.15, 0.2) is 41.5 Å². The van der Waals surface area contributed by atoms with Gasteiger partial charge in [0.15, 0.2) is 11.5 Å². The van der Waals surface area contributed by atoms with Crippen LogP contribution in [0.4, 0.5) is 5.69 Å². The van der Waals surface area contributed by atoms with E-state index in [9.17, 15) is 0 Å². The van der Waals surface area contributed by atoms with Crippen molar-refractivity contribution in [1.82, 2.24) is 5.01 Å². The van der Waals surface area contributed by atoms with Gasteiger partial charge in [-0.3, -0.25) is 5.01 Å². The van der Waals surface area contributed by atoms with E-state index in [1.165, 1.54) is 11.3 Å². The Labute approximate surface area is 160 Å². The third kappa shape index (κ3) is 4.27. The number of benzene rings is 2. The lowest BCUT2D eigenvalue weighted by molar-refractivity contribution is 0.272. The predicted octanol–water partition coefficient (Wildman–Crippen LogP) is 3.18. The van der Waals surface area contributed by atoms with E-state index in [1.54, 1.807) is 21.3 Å². The molecule has 144 valence electrons. The largest absolute Gasteiger partial charge is 0.493 e. The lowest BCUT2D eigenvalue weighted by Gasteiger charge is -2.34. The van der Waals surface area contributed by atoms with Crippen LogP contribution in [0.2, 0.25) is 0 Å². The molecular weight excluding hydrogens is 342 g/mol. The monoisotopic (exact) mass is 369 g/mol. The van der Waals surface area contributed by atoms with Gasteiger partial charge in [-0.05, 0) is 31.2 Å². The number of piperazine rings is 1. The number of rotatable bonds is 6. The van der Waals surface area contributed by atoms with E-state index >= 15 is 0 Å².